The van der Waals surface area contributed by atoms with Crippen LogP contribution in [0.4, 0.5) is 17.6 Å². The normalized spacial score (nSPS) is 19.3. The zero-order valence-electron chi connectivity index (χ0n) is 19.0. The maximum absolute atomic E-state index is 14.1. The quantitative estimate of drug-likeness (QED) is 0.347. The molecule has 1 aromatic carbocycles. The third kappa shape index (κ3) is 4.74. The molecule has 2 aliphatic rings. The van der Waals surface area contributed by atoms with Crippen molar-refractivity contribution in [1.82, 2.24) is 24.5 Å². The minimum Gasteiger partial charge on any atom is -0.326 e. The Morgan fingerprint density at radius 3 is 2.44 bits per heavy atom. The van der Waals surface area contributed by atoms with Gasteiger partial charge in [-0.05, 0) is 60.6 Å². The minimum atomic E-state index is -4.46. The summed E-state index contributed by atoms with van der Waals surface area (Å²) >= 11 is 0. The second-order valence-corrected chi connectivity index (χ2v) is 9.24. The molecule has 6 nitrogen and oxygen atoms in total. The highest BCUT2D eigenvalue weighted by molar-refractivity contribution is 5.86. The van der Waals surface area contributed by atoms with Crippen molar-refractivity contribution in [1.29, 1.82) is 0 Å². The van der Waals surface area contributed by atoms with Crippen molar-refractivity contribution in [3.63, 3.8) is 0 Å². The summed E-state index contributed by atoms with van der Waals surface area (Å²) in [5.41, 5.74) is 8.41. The summed E-state index contributed by atoms with van der Waals surface area (Å²) in [5, 5.41) is 9.03. The van der Waals surface area contributed by atoms with E-state index in [1.165, 1.54) is 35.4 Å². The molecule has 1 aliphatic heterocycles. The van der Waals surface area contributed by atoms with Gasteiger partial charge in [0.15, 0.2) is 11.5 Å². The van der Waals surface area contributed by atoms with Crippen molar-refractivity contribution in [3.8, 4) is 11.5 Å². The van der Waals surface area contributed by atoms with Crippen LogP contribution in [-0.2, 0) is 0 Å². The zero-order chi connectivity index (χ0) is 23.6. The summed E-state index contributed by atoms with van der Waals surface area (Å²) < 4.78 is 57.9. The van der Waals surface area contributed by atoms with E-state index in [1.54, 1.807) is 16.5 Å². The van der Waals surface area contributed by atoms with Crippen LogP contribution in [0.3, 0.4) is 0 Å². The topological polar surface area (TPSA) is 72.3 Å². The van der Waals surface area contributed by atoms with Crippen LogP contribution in [0.2, 0.25) is 0 Å². The molecule has 0 amide bonds. The highest BCUT2D eigenvalue weighted by Crippen LogP contribution is 2.43. The molecule has 4 aromatic rings. The van der Waals surface area contributed by atoms with Crippen LogP contribution in [0, 0.1) is 5.82 Å². The van der Waals surface area contributed by atoms with Crippen LogP contribution in [-0.4, -0.2) is 49.8 Å². The van der Waals surface area contributed by atoms with Crippen molar-refractivity contribution >= 4 is 41.4 Å². The number of benzene rings is 1. The predicted molar refractivity (Wildman–Crippen MR) is 133 cm³/mol. The average Bonchev–Trinajstić information content (AvgIpc) is 3.42. The Bertz CT molecular complexity index is 1400. The lowest BCUT2D eigenvalue weighted by molar-refractivity contribution is -0.183. The van der Waals surface area contributed by atoms with E-state index in [4.69, 9.17) is 10.7 Å². The van der Waals surface area contributed by atoms with Gasteiger partial charge in [-0.1, -0.05) is 12.1 Å². The van der Waals surface area contributed by atoms with Crippen LogP contribution in [0.15, 0.2) is 42.6 Å². The first-order valence-corrected chi connectivity index (χ1v) is 11.3. The average molecular weight is 543 g/mol. The molecule has 3 aromatic heterocycles. The number of halogens is 6. The van der Waals surface area contributed by atoms with E-state index in [0.29, 0.717) is 34.5 Å². The number of nitrogens with zero attached hydrogens (tertiary/aromatic N) is 5. The summed E-state index contributed by atoms with van der Waals surface area (Å²) in [7, 11) is 0. The number of likely N-dealkylation sites (tertiary alicyclic amines) is 1. The van der Waals surface area contributed by atoms with Crippen LogP contribution in [0.25, 0.3) is 28.1 Å². The van der Waals surface area contributed by atoms with E-state index in [9.17, 15) is 17.6 Å². The molecule has 12 heteroatoms. The molecule has 36 heavy (non-hydrogen) atoms. The molecule has 4 heterocycles. The summed E-state index contributed by atoms with van der Waals surface area (Å²) in [5.74, 6) is 0.312. The monoisotopic (exact) mass is 542 g/mol. The van der Waals surface area contributed by atoms with E-state index in [1.807, 2.05) is 0 Å². The van der Waals surface area contributed by atoms with Gasteiger partial charge < -0.3 is 5.73 Å². The van der Waals surface area contributed by atoms with Gasteiger partial charge in [0.05, 0.1) is 5.52 Å². The number of pyridine rings is 2. The highest BCUT2D eigenvalue weighted by Gasteiger charge is 2.46. The Balaban J connectivity index is 0.00000152. The molecular formula is C24H24Cl2F4N6. The molecule has 0 spiro atoms. The van der Waals surface area contributed by atoms with Crippen LogP contribution < -0.4 is 5.73 Å². The van der Waals surface area contributed by atoms with Crippen molar-refractivity contribution in [2.75, 3.05) is 13.1 Å². The van der Waals surface area contributed by atoms with Crippen molar-refractivity contribution in [2.45, 2.75) is 43.4 Å². The molecule has 1 saturated heterocycles. The Morgan fingerprint density at radius 2 is 1.78 bits per heavy atom. The Hall–Kier alpha value is -2.53. The summed E-state index contributed by atoms with van der Waals surface area (Å²) in [4.78, 5) is 6.12. The number of hydrogen-bond acceptors (Lipinski definition) is 5. The van der Waals surface area contributed by atoms with Gasteiger partial charge in [-0.2, -0.15) is 13.2 Å². The second kappa shape index (κ2) is 9.74. The lowest BCUT2D eigenvalue weighted by Gasteiger charge is -2.30. The standard InChI is InChI=1S/C24H22F4N6.2ClH/c25-16-9-14-3-5-19(30-21(14)18(10-16)13-1-2-13)23-32-31-20-6-4-15(11-34(20)23)22(24(26,27)28)33-8-7-17(29)12-33;;/h3-6,9-11,13,17,22H,1-2,7-8,12,29H2;2*1H/t17?,22-;;/m1../s1. The third-order valence-electron chi connectivity index (χ3n) is 6.71. The molecule has 2 fully saturated rings. The van der Waals surface area contributed by atoms with Gasteiger partial charge in [0.2, 0.25) is 0 Å². The van der Waals surface area contributed by atoms with E-state index < -0.39 is 12.2 Å². The Kier molecular flexibility index (Phi) is 7.18. The van der Waals surface area contributed by atoms with Gasteiger partial charge in [-0.15, -0.1) is 35.0 Å². The Labute approximate surface area is 216 Å². The molecule has 192 valence electrons. The number of nitrogens with two attached hydrogens (primary N) is 1. The van der Waals surface area contributed by atoms with Crippen LogP contribution in [0.5, 0.6) is 0 Å². The predicted octanol–water partition coefficient (Wildman–Crippen LogP) is 5.44. The molecule has 2 atom stereocenters. The number of fused-ring (bicyclic) bond motifs is 2. The Morgan fingerprint density at radius 1 is 1.00 bits per heavy atom. The fraction of sp³-hybridized carbons (Fsp3) is 0.375. The summed E-state index contributed by atoms with van der Waals surface area (Å²) in [6, 6.07) is 7.35. The van der Waals surface area contributed by atoms with E-state index in [-0.39, 0.29) is 61.2 Å². The van der Waals surface area contributed by atoms with Gasteiger partial charge in [0.1, 0.15) is 17.6 Å². The van der Waals surface area contributed by atoms with Crippen LogP contribution >= 0.6 is 24.8 Å². The number of rotatable bonds is 4. The van der Waals surface area contributed by atoms with Gasteiger partial charge >= 0.3 is 6.18 Å². The maximum Gasteiger partial charge on any atom is 0.408 e. The fourth-order valence-corrected chi connectivity index (χ4v) is 4.96. The van der Waals surface area contributed by atoms with E-state index in [2.05, 4.69) is 10.2 Å². The SMILES string of the molecule is Cl.Cl.NC1CCN([C@H](c2ccc3nnc(-c4ccc5cc(F)cc(C6CC6)c5n4)n3c2)C(F)(F)F)C1. The summed E-state index contributed by atoms with van der Waals surface area (Å²) in [6.07, 6.45) is -0.527. The summed E-state index contributed by atoms with van der Waals surface area (Å²) in [6.45, 7) is 0.467. The zero-order valence-corrected chi connectivity index (χ0v) is 20.6. The smallest absolute Gasteiger partial charge is 0.326 e. The maximum atomic E-state index is 14.1. The molecule has 0 radical (unpaired) electrons. The van der Waals surface area contributed by atoms with Gasteiger partial charge in [0, 0.05) is 30.7 Å². The van der Waals surface area contributed by atoms with Crippen LogP contribution in [0.1, 0.15) is 42.3 Å². The second-order valence-electron chi connectivity index (χ2n) is 9.24. The van der Waals surface area contributed by atoms with E-state index in [0.717, 1.165) is 18.4 Å². The molecule has 1 aliphatic carbocycles. The lowest BCUT2D eigenvalue weighted by Crippen LogP contribution is -2.38. The van der Waals surface area contributed by atoms with Gasteiger partial charge in [-0.25, -0.2) is 9.37 Å². The molecule has 2 N–H and O–H groups in total. The lowest BCUT2D eigenvalue weighted by atomic mass is 10.0. The van der Waals surface area contributed by atoms with Gasteiger partial charge in [0.25, 0.3) is 0 Å². The number of hydrogen-bond donors (Lipinski definition) is 1. The van der Waals surface area contributed by atoms with Crippen molar-refractivity contribution < 1.29 is 17.6 Å². The first-order chi connectivity index (χ1) is 16.3. The fourth-order valence-electron chi connectivity index (χ4n) is 4.96. The largest absolute Gasteiger partial charge is 0.408 e. The first kappa shape index (κ1) is 26.5. The molecule has 1 saturated carbocycles. The van der Waals surface area contributed by atoms with Gasteiger partial charge in [-0.3, -0.25) is 9.30 Å². The van der Waals surface area contributed by atoms with Crippen molar-refractivity contribution in [2.24, 2.45) is 5.73 Å². The van der Waals surface area contributed by atoms with Crippen molar-refractivity contribution in [3.05, 3.63) is 59.5 Å². The number of aromatic nitrogens is 4. The molecule has 0 bridgehead atoms. The first-order valence-electron chi connectivity index (χ1n) is 11.3. The number of alkyl halides is 3. The molecule has 6 rings (SSSR count). The molecule has 1 unspecified atom stereocenters. The third-order valence-corrected chi connectivity index (χ3v) is 6.71. The minimum absolute atomic E-state index is 0. The van der Waals surface area contributed by atoms with E-state index >= 15 is 0 Å². The molecular weight excluding hydrogens is 519 g/mol. The highest BCUT2D eigenvalue weighted by atomic mass is 35.5.